The van der Waals surface area contributed by atoms with E-state index in [4.69, 9.17) is 5.73 Å². The summed E-state index contributed by atoms with van der Waals surface area (Å²) in [6.45, 7) is 2.64. The average Bonchev–Trinajstić information content (AvgIpc) is 2.86. The lowest BCUT2D eigenvalue weighted by Gasteiger charge is -2.42. The maximum absolute atomic E-state index is 12.0. The van der Waals surface area contributed by atoms with Crippen LogP contribution in [0.5, 0.6) is 0 Å². The largest absolute Gasteiger partial charge is 0.344 e. The van der Waals surface area contributed by atoms with E-state index in [0.29, 0.717) is 18.2 Å². The van der Waals surface area contributed by atoms with Crippen molar-refractivity contribution in [2.24, 2.45) is 11.7 Å². The van der Waals surface area contributed by atoms with Gasteiger partial charge in [-0.3, -0.25) is 4.79 Å². The molecule has 1 aromatic heterocycles. The Kier molecular flexibility index (Phi) is 3.73. The fourth-order valence-electron chi connectivity index (χ4n) is 2.51. The summed E-state index contributed by atoms with van der Waals surface area (Å²) in [4.78, 5) is 12.0. The van der Waals surface area contributed by atoms with Crippen LogP contribution in [0.15, 0.2) is 6.20 Å². The molecule has 2 atom stereocenters. The van der Waals surface area contributed by atoms with Gasteiger partial charge < -0.3 is 11.1 Å². The van der Waals surface area contributed by atoms with Crippen LogP contribution in [0.3, 0.4) is 0 Å². The van der Waals surface area contributed by atoms with E-state index in [2.05, 4.69) is 21.0 Å². The van der Waals surface area contributed by atoms with Gasteiger partial charge in [-0.1, -0.05) is 19.8 Å². The summed E-state index contributed by atoms with van der Waals surface area (Å²) in [5.41, 5.74) is 6.01. The molecule has 0 spiro atoms. The standard InChI is InChI=1S/C11H18N4OS/c1-8-4-2-3-5-11(8,7-12)14-10(16)9-6-13-17-15-9/h6,8H,2-5,7,12H2,1H3,(H,14,16). The van der Waals surface area contributed by atoms with Gasteiger partial charge in [0.2, 0.25) is 0 Å². The fourth-order valence-corrected chi connectivity index (χ4v) is 2.92. The first kappa shape index (κ1) is 12.4. The molecule has 94 valence electrons. The third-order valence-corrected chi connectivity index (χ3v) is 4.25. The molecule has 1 aromatic rings. The van der Waals surface area contributed by atoms with Gasteiger partial charge in [0, 0.05) is 6.54 Å². The first-order chi connectivity index (χ1) is 8.18. The van der Waals surface area contributed by atoms with Crippen molar-refractivity contribution in [3.8, 4) is 0 Å². The summed E-state index contributed by atoms with van der Waals surface area (Å²) < 4.78 is 7.79. The number of carbonyl (C=O) groups excluding carboxylic acids is 1. The fraction of sp³-hybridized carbons (Fsp3) is 0.727. The van der Waals surface area contributed by atoms with Crippen molar-refractivity contribution >= 4 is 17.6 Å². The maximum Gasteiger partial charge on any atom is 0.273 e. The molecule has 1 amide bonds. The second kappa shape index (κ2) is 5.10. The smallest absolute Gasteiger partial charge is 0.273 e. The van der Waals surface area contributed by atoms with Gasteiger partial charge >= 0.3 is 0 Å². The average molecular weight is 254 g/mol. The van der Waals surface area contributed by atoms with Crippen LogP contribution in [0, 0.1) is 5.92 Å². The molecule has 6 heteroatoms. The molecule has 1 aliphatic rings. The first-order valence-corrected chi connectivity index (χ1v) is 6.71. The molecule has 1 aliphatic carbocycles. The molecule has 5 nitrogen and oxygen atoms in total. The zero-order valence-electron chi connectivity index (χ0n) is 9.98. The van der Waals surface area contributed by atoms with E-state index in [1.165, 1.54) is 12.6 Å². The topological polar surface area (TPSA) is 80.9 Å². The van der Waals surface area contributed by atoms with Crippen molar-refractivity contribution < 1.29 is 4.79 Å². The summed E-state index contributed by atoms with van der Waals surface area (Å²) in [5.74, 6) is 0.259. The normalized spacial score (nSPS) is 28.9. The molecule has 0 bridgehead atoms. The number of amides is 1. The number of nitrogens with two attached hydrogens (primary N) is 1. The van der Waals surface area contributed by atoms with Crippen LogP contribution in [0.2, 0.25) is 0 Å². The molecule has 1 saturated carbocycles. The number of carbonyl (C=O) groups is 1. The van der Waals surface area contributed by atoms with E-state index in [1.807, 2.05) is 0 Å². The van der Waals surface area contributed by atoms with Crippen LogP contribution in [-0.4, -0.2) is 26.7 Å². The van der Waals surface area contributed by atoms with Gasteiger partial charge in [-0.15, -0.1) is 0 Å². The Morgan fingerprint density at radius 1 is 1.71 bits per heavy atom. The van der Waals surface area contributed by atoms with Crippen molar-refractivity contribution in [1.82, 2.24) is 14.1 Å². The minimum absolute atomic E-state index is 0.155. The molecule has 0 radical (unpaired) electrons. The summed E-state index contributed by atoms with van der Waals surface area (Å²) in [7, 11) is 0. The third kappa shape index (κ3) is 2.47. The summed E-state index contributed by atoms with van der Waals surface area (Å²) in [6, 6.07) is 0. The van der Waals surface area contributed by atoms with E-state index in [9.17, 15) is 4.79 Å². The predicted octanol–water partition coefficient (Wildman–Crippen LogP) is 1.18. The highest BCUT2D eigenvalue weighted by Gasteiger charge is 2.38. The Hall–Kier alpha value is -1.01. The van der Waals surface area contributed by atoms with E-state index in [0.717, 1.165) is 31.0 Å². The molecular formula is C11H18N4OS. The van der Waals surface area contributed by atoms with Gasteiger partial charge in [0.05, 0.1) is 23.5 Å². The highest BCUT2D eigenvalue weighted by Crippen LogP contribution is 2.33. The van der Waals surface area contributed by atoms with Crippen LogP contribution in [-0.2, 0) is 0 Å². The van der Waals surface area contributed by atoms with Gasteiger partial charge in [-0.2, -0.15) is 8.75 Å². The number of aromatic nitrogens is 2. The van der Waals surface area contributed by atoms with Gasteiger partial charge in [0.1, 0.15) is 0 Å². The Morgan fingerprint density at radius 2 is 2.53 bits per heavy atom. The summed E-state index contributed by atoms with van der Waals surface area (Å²) in [5, 5.41) is 3.07. The lowest BCUT2D eigenvalue weighted by atomic mass is 9.73. The summed E-state index contributed by atoms with van der Waals surface area (Å²) in [6.07, 6.45) is 5.91. The number of rotatable bonds is 3. The molecule has 0 aliphatic heterocycles. The second-order valence-electron chi connectivity index (χ2n) is 4.75. The van der Waals surface area contributed by atoms with E-state index < -0.39 is 0 Å². The van der Waals surface area contributed by atoms with Crippen LogP contribution >= 0.6 is 11.7 Å². The number of nitrogens with one attached hydrogen (secondary N) is 1. The van der Waals surface area contributed by atoms with E-state index in [1.54, 1.807) is 0 Å². The minimum atomic E-state index is -0.265. The Morgan fingerprint density at radius 3 is 3.12 bits per heavy atom. The molecule has 1 fully saturated rings. The quantitative estimate of drug-likeness (QED) is 0.848. The van der Waals surface area contributed by atoms with Crippen molar-refractivity contribution in [2.75, 3.05) is 6.54 Å². The highest BCUT2D eigenvalue weighted by molar-refractivity contribution is 6.99. The molecule has 0 saturated heterocycles. The van der Waals surface area contributed by atoms with Crippen molar-refractivity contribution in [1.29, 1.82) is 0 Å². The summed E-state index contributed by atoms with van der Waals surface area (Å²) >= 11 is 1.05. The van der Waals surface area contributed by atoms with Crippen molar-refractivity contribution in [3.05, 3.63) is 11.9 Å². The monoisotopic (exact) mass is 254 g/mol. The lowest BCUT2D eigenvalue weighted by molar-refractivity contribution is 0.0808. The van der Waals surface area contributed by atoms with E-state index in [-0.39, 0.29) is 11.4 Å². The number of hydrogen-bond acceptors (Lipinski definition) is 5. The van der Waals surface area contributed by atoms with Crippen LogP contribution < -0.4 is 11.1 Å². The second-order valence-corrected chi connectivity index (χ2v) is 5.31. The SMILES string of the molecule is CC1CCCCC1(CN)NC(=O)c1cnsn1. The van der Waals surface area contributed by atoms with Crippen LogP contribution in [0.1, 0.15) is 43.1 Å². The molecule has 2 rings (SSSR count). The Bertz CT molecular complexity index is 381. The van der Waals surface area contributed by atoms with Crippen molar-refractivity contribution in [2.45, 2.75) is 38.1 Å². The van der Waals surface area contributed by atoms with Crippen LogP contribution in [0.25, 0.3) is 0 Å². The maximum atomic E-state index is 12.0. The van der Waals surface area contributed by atoms with Crippen LogP contribution in [0.4, 0.5) is 0 Å². The molecule has 1 heterocycles. The predicted molar refractivity (Wildman–Crippen MR) is 66.8 cm³/mol. The third-order valence-electron chi connectivity index (χ3n) is 3.77. The van der Waals surface area contributed by atoms with Gasteiger partial charge in [-0.05, 0) is 18.8 Å². The highest BCUT2D eigenvalue weighted by atomic mass is 32.1. The van der Waals surface area contributed by atoms with Gasteiger partial charge in [-0.25, -0.2) is 0 Å². The minimum Gasteiger partial charge on any atom is -0.344 e. The Balaban J connectivity index is 2.11. The van der Waals surface area contributed by atoms with E-state index >= 15 is 0 Å². The van der Waals surface area contributed by atoms with Crippen molar-refractivity contribution in [3.63, 3.8) is 0 Å². The molecule has 0 aromatic carbocycles. The molecule has 3 N–H and O–H groups in total. The molecule has 2 unspecified atom stereocenters. The number of hydrogen-bond donors (Lipinski definition) is 2. The number of nitrogens with zero attached hydrogens (tertiary/aromatic N) is 2. The Labute approximate surface area is 105 Å². The van der Waals surface area contributed by atoms with Gasteiger partial charge in [0.25, 0.3) is 5.91 Å². The lowest BCUT2D eigenvalue weighted by Crippen LogP contribution is -2.59. The molecule has 17 heavy (non-hydrogen) atoms. The van der Waals surface area contributed by atoms with Gasteiger partial charge in [0.15, 0.2) is 5.69 Å². The first-order valence-electron chi connectivity index (χ1n) is 5.98. The molecular weight excluding hydrogens is 236 g/mol. The zero-order valence-corrected chi connectivity index (χ0v) is 10.8. The zero-order chi connectivity index (χ0) is 12.3.